The number of H-pyrrole nitrogens is 1. The number of benzene rings is 3. The number of ether oxygens (including phenoxy) is 2. The highest BCUT2D eigenvalue weighted by atomic mass is 19.1. The summed E-state index contributed by atoms with van der Waals surface area (Å²) >= 11 is 0. The topological polar surface area (TPSA) is 138 Å². The number of aryl methyl sites for hydroxylation is 1. The predicted octanol–water partition coefficient (Wildman–Crippen LogP) is 6.25. The number of rotatable bonds is 15. The van der Waals surface area contributed by atoms with E-state index < -0.39 is 29.6 Å². The Hall–Kier alpha value is -4.80. The first-order valence-corrected chi connectivity index (χ1v) is 16.4. The van der Waals surface area contributed by atoms with Crippen LogP contribution in [-0.2, 0) is 37.4 Å². The lowest BCUT2D eigenvalue weighted by Gasteiger charge is -2.25. The normalized spacial score (nSPS) is 12.8. The number of aliphatic hydroxyl groups is 2. The number of carbonyl (C=O) groups is 3. The Bertz CT molecular complexity index is 1710. The smallest absolute Gasteiger partial charge is 0.338 e. The van der Waals surface area contributed by atoms with Gasteiger partial charge in [-0.05, 0) is 87.9 Å². The molecule has 9 nitrogen and oxygen atoms in total. The van der Waals surface area contributed by atoms with Gasteiger partial charge < -0.3 is 30.0 Å². The van der Waals surface area contributed by atoms with Crippen molar-refractivity contribution in [2.24, 2.45) is 0 Å². The van der Waals surface area contributed by atoms with Gasteiger partial charge in [-0.3, -0.25) is 9.59 Å². The molecule has 0 aliphatic carbocycles. The summed E-state index contributed by atoms with van der Waals surface area (Å²) in [5, 5.41) is 24.1. The Morgan fingerprint density at radius 3 is 2.12 bits per heavy atom. The third-order valence-electron chi connectivity index (χ3n) is 8.35. The molecule has 3 aromatic carbocycles. The summed E-state index contributed by atoms with van der Waals surface area (Å²) < 4.78 is 24.0. The van der Waals surface area contributed by atoms with E-state index in [4.69, 9.17) is 4.74 Å². The van der Waals surface area contributed by atoms with Crippen molar-refractivity contribution < 1.29 is 38.5 Å². The molecule has 1 amide bonds. The van der Waals surface area contributed by atoms with Crippen LogP contribution in [0.3, 0.4) is 0 Å². The Morgan fingerprint density at radius 1 is 0.878 bits per heavy atom. The number of methoxy groups -OCH3 is 1. The Labute approximate surface area is 286 Å². The van der Waals surface area contributed by atoms with Crippen molar-refractivity contribution in [3.63, 3.8) is 0 Å². The van der Waals surface area contributed by atoms with Crippen LogP contribution in [0.5, 0.6) is 0 Å². The van der Waals surface area contributed by atoms with Gasteiger partial charge in [0.1, 0.15) is 5.82 Å². The fourth-order valence-electron chi connectivity index (χ4n) is 5.70. The van der Waals surface area contributed by atoms with Crippen molar-refractivity contribution in [3.05, 3.63) is 107 Å². The van der Waals surface area contributed by atoms with Crippen LogP contribution in [0.1, 0.15) is 74.3 Å². The number of hydrogen-bond acceptors (Lipinski definition) is 7. The zero-order valence-corrected chi connectivity index (χ0v) is 28.6. The summed E-state index contributed by atoms with van der Waals surface area (Å²) in [6.45, 7) is 7.44. The van der Waals surface area contributed by atoms with Gasteiger partial charge in [-0.25, -0.2) is 9.18 Å². The number of carbonyl (C=O) groups excluding carboxylic acids is 3. The first-order chi connectivity index (χ1) is 23.3. The van der Waals surface area contributed by atoms with E-state index in [1.807, 2.05) is 44.2 Å². The van der Waals surface area contributed by atoms with Crippen LogP contribution in [0.2, 0.25) is 0 Å². The summed E-state index contributed by atoms with van der Waals surface area (Å²) in [5.74, 6) is -1.62. The molecule has 10 heteroatoms. The summed E-state index contributed by atoms with van der Waals surface area (Å²) in [7, 11) is 1.24. The van der Waals surface area contributed by atoms with Crippen LogP contribution in [0.25, 0.3) is 22.3 Å². The van der Waals surface area contributed by atoms with Gasteiger partial charge in [-0.1, -0.05) is 54.6 Å². The first kappa shape index (κ1) is 37.0. The zero-order chi connectivity index (χ0) is 35.7. The zero-order valence-electron chi connectivity index (χ0n) is 28.6. The molecule has 4 rings (SSSR count). The molecule has 0 fully saturated rings. The molecule has 2 atom stereocenters. The third kappa shape index (κ3) is 9.64. The molecule has 0 spiro atoms. The molecule has 0 saturated carbocycles. The van der Waals surface area contributed by atoms with Crippen LogP contribution in [0, 0.1) is 5.82 Å². The van der Waals surface area contributed by atoms with Gasteiger partial charge in [0.2, 0.25) is 5.91 Å². The summed E-state index contributed by atoms with van der Waals surface area (Å²) in [6.07, 6.45) is -1.89. The van der Waals surface area contributed by atoms with E-state index in [9.17, 15) is 29.0 Å². The monoisotopic (exact) mass is 672 g/mol. The van der Waals surface area contributed by atoms with Crippen molar-refractivity contribution in [2.45, 2.75) is 83.6 Å². The standard InChI is InChI=1S/C39H45FN2O7/c1-24(2)49-37(46)28-13-11-25(12-14-28)23-41-38(47)39(3,4)36-35(26-9-7-6-8-10-26)34(27-15-17-29(40)18-16-27)32(42-36)20-19-30(43)21-31(44)22-33(45)48-5/h6-18,24,30-31,42-44H,19-23H2,1-5H3,(H,41,47)/t30-,31-/m1/s1. The van der Waals surface area contributed by atoms with E-state index in [1.165, 1.54) is 19.2 Å². The molecular formula is C39H45FN2O7. The maximum atomic E-state index is 14.1. The lowest BCUT2D eigenvalue weighted by Crippen LogP contribution is -2.40. The summed E-state index contributed by atoms with van der Waals surface area (Å²) in [6, 6.07) is 22.6. The van der Waals surface area contributed by atoms with Gasteiger partial charge in [0.25, 0.3) is 0 Å². The Balaban J connectivity index is 1.67. The number of aliphatic hydroxyl groups excluding tert-OH is 2. The van der Waals surface area contributed by atoms with Gasteiger partial charge in [-0.2, -0.15) is 0 Å². The largest absolute Gasteiger partial charge is 0.469 e. The van der Waals surface area contributed by atoms with Crippen molar-refractivity contribution in [3.8, 4) is 22.3 Å². The number of aromatic amines is 1. The second kappa shape index (κ2) is 16.5. The highest BCUT2D eigenvalue weighted by molar-refractivity contribution is 5.95. The third-order valence-corrected chi connectivity index (χ3v) is 8.35. The lowest BCUT2D eigenvalue weighted by atomic mass is 9.82. The van der Waals surface area contributed by atoms with Crippen LogP contribution < -0.4 is 5.32 Å². The molecule has 0 radical (unpaired) electrons. The second-order valence-electron chi connectivity index (χ2n) is 12.9. The number of halogens is 1. The number of nitrogens with one attached hydrogen (secondary N) is 2. The lowest BCUT2D eigenvalue weighted by molar-refractivity contribution is -0.143. The van der Waals surface area contributed by atoms with Crippen molar-refractivity contribution in [1.29, 1.82) is 0 Å². The fraction of sp³-hybridized carbons (Fsp3) is 0.359. The van der Waals surface area contributed by atoms with E-state index in [2.05, 4.69) is 15.0 Å². The van der Waals surface area contributed by atoms with Crippen LogP contribution in [-0.4, -0.2) is 58.5 Å². The van der Waals surface area contributed by atoms with Gasteiger partial charge in [0.15, 0.2) is 0 Å². The van der Waals surface area contributed by atoms with E-state index in [0.29, 0.717) is 17.7 Å². The predicted molar refractivity (Wildman–Crippen MR) is 185 cm³/mol. The highest BCUT2D eigenvalue weighted by Gasteiger charge is 2.36. The van der Waals surface area contributed by atoms with Crippen LogP contribution in [0.4, 0.5) is 4.39 Å². The van der Waals surface area contributed by atoms with E-state index in [0.717, 1.165) is 33.5 Å². The molecule has 0 aliphatic heterocycles. The SMILES string of the molecule is COC(=O)C[C@H](O)C[C@H](O)CCc1[nH]c(C(C)(C)C(=O)NCc2ccc(C(=O)OC(C)C)cc2)c(-c2ccccc2)c1-c1ccc(F)cc1. The van der Waals surface area contributed by atoms with E-state index >= 15 is 0 Å². The molecule has 1 heterocycles. The number of esters is 2. The van der Waals surface area contributed by atoms with Gasteiger partial charge >= 0.3 is 11.9 Å². The van der Waals surface area contributed by atoms with Crippen molar-refractivity contribution in [1.82, 2.24) is 10.3 Å². The molecule has 0 unspecified atom stereocenters. The molecule has 1 aromatic heterocycles. The molecule has 4 aromatic rings. The molecule has 49 heavy (non-hydrogen) atoms. The maximum absolute atomic E-state index is 14.1. The van der Waals surface area contributed by atoms with Crippen molar-refractivity contribution >= 4 is 17.8 Å². The molecule has 0 bridgehead atoms. The number of hydrogen-bond donors (Lipinski definition) is 4. The van der Waals surface area contributed by atoms with E-state index in [1.54, 1.807) is 50.2 Å². The number of amides is 1. The van der Waals surface area contributed by atoms with E-state index in [-0.39, 0.29) is 43.6 Å². The van der Waals surface area contributed by atoms with Crippen LogP contribution in [0.15, 0.2) is 78.9 Å². The average molecular weight is 673 g/mol. The molecule has 0 aliphatic rings. The fourth-order valence-corrected chi connectivity index (χ4v) is 5.70. The quantitative estimate of drug-likeness (QED) is 0.110. The minimum atomic E-state index is -1.09. The van der Waals surface area contributed by atoms with Crippen molar-refractivity contribution in [2.75, 3.05) is 7.11 Å². The Morgan fingerprint density at radius 2 is 1.51 bits per heavy atom. The molecular weight excluding hydrogens is 627 g/mol. The maximum Gasteiger partial charge on any atom is 0.338 e. The second-order valence-corrected chi connectivity index (χ2v) is 12.9. The average Bonchev–Trinajstić information content (AvgIpc) is 3.47. The van der Waals surface area contributed by atoms with Gasteiger partial charge in [0.05, 0.1) is 42.8 Å². The van der Waals surface area contributed by atoms with Crippen LogP contribution >= 0.6 is 0 Å². The first-order valence-electron chi connectivity index (χ1n) is 16.4. The minimum Gasteiger partial charge on any atom is -0.469 e. The van der Waals surface area contributed by atoms with Gasteiger partial charge in [-0.15, -0.1) is 0 Å². The molecule has 260 valence electrons. The minimum absolute atomic E-state index is 0.0200. The molecule has 0 saturated heterocycles. The number of aromatic nitrogens is 1. The Kier molecular flexibility index (Phi) is 12.5. The van der Waals surface area contributed by atoms with Gasteiger partial charge in [0, 0.05) is 29.1 Å². The highest BCUT2D eigenvalue weighted by Crippen LogP contribution is 2.43. The summed E-state index contributed by atoms with van der Waals surface area (Å²) in [5.41, 5.74) is 4.62. The molecule has 4 N–H and O–H groups in total. The summed E-state index contributed by atoms with van der Waals surface area (Å²) in [4.78, 5) is 41.3.